The van der Waals surface area contributed by atoms with Gasteiger partial charge in [0.05, 0.1) is 21.8 Å². The molecular weight excluding hydrogens is 562 g/mol. The van der Waals surface area contributed by atoms with E-state index in [0.717, 1.165) is 77.6 Å². The van der Waals surface area contributed by atoms with Crippen molar-refractivity contribution in [2.24, 2.45) is 5.92 Å². The zero-order valence-corrected chi connectivity index (χ0v) is 24.5. The van der Waals surface area contributed by atoms with Gasteiger partial charge in [-0.3, -0.25) is 19.7 Å². The summed E-state index contributed by atoms with van der Waals surface area (Å²) in [5.41, 5.74) is 5.24. The Bertz CT molecular complexity index is 1730. The van der Waals surface area contributed by atoms with Crippen LogP contribution in [0.15, 0.2) is 71.8 Å². The predicted octanol–water partition coefficient (Wildman–Crippen LogP) is 4.98. The standard InChI is InChI=1S/C32H31N7O3S/c1-20(40)35-25-7-4-6-23(16-25)29-24(15-22-5-2-3-8-27(22)37-29)19-33-18-21-10-13-39(14-11-21)31-34-12-9-26(36-31)17-28-30(41)38-32(42)43-28/h2-9,12,15-17,21,33H,10-11,13-14,18-19H2,1H3,(H,35,40)(H,38,41,42). The van der Waals surface area contributed by atoms with Crippen molar-refractivity contribution >= 4 is 57.4 Å². The van der Waals surface area contributed by atoms with Crippen LogP contribution in [0.2, 0.25) is 0 Å². The van der Waals surface area contributed by atoms with Crippen LogP contribution in [-0.2, 0) is 16.1 Å². The maximum absolute atomic E-state index is 11.9. The van der Waals surface area contributed by atoms with Gasteiger partial charge in [-0.05, 0) is 79.0 Å². The molecule has 4 heterocycles. The van der Waals surface area contributed by atoms with Gasteiger partial charge in [-0.2, -0.15) is 0 Å². The van der Waals surface area contributed by atoms with Crippen molar-refractivity contribution in [3.63, 3.8) is 0 Å². The Morgan fingerprint density at radius 3 is 2.70 bits per heavy atom. The number of anilines is 2. The highest BCUT2D eigenvalue weighted by Crippen LogP contribution is 2.29. The van der Waals surface area contributed by atoms with E-state index in [2.05, 4.69) is 43.0 Å². The molecule has 4 aromatic rings. The van der Waals surface area contributed by atoms with Crippen molar-refractivity contribution in [3.8, 4) is 11.3 Å². The fourth-order valence-electron chi connectivity index (χ4n) is 5.39. The molecule has 0 unspecified atom stereocenters. The summed E-state index contributed by atoms with van der Waals surface area (Å²) in [6, 6.07) is 19.8. The largest absolute Gasteiger partial charge is 0.341 e. The molecule has 2 aromatic carbocycles. The number of nitrogens with one attached hydrogen (secondary N) is 3. The molecule has 3 N–H and O–H groups in total. The molecule has 43 heavy (non-hydrogen) atoms. The average Bonchev–Trinajstić information content (AvgIpc) is 3.32. The van der Waals surface area contributed by atoms with Crippen molar-refractivity contribution in [3.05, 3.63) is 83.0 Å². The Hall–Kier alpha value is -4.61. The van der Waals surface area contributed by atoms with Gasteiger partial charge in [0.25, 0.3) is 11.1 Å². The maximum atomic E-state index is 11.9. The average molecular weight is 594 g/mol. The van der Waals surface area contributed by atoms with Gasteiger partial charge in [-0.25, -0.2) is 15.0 Å². The third-order valence-electron chi connectivity index (χ3n) is 7.49. The Kier molecular flexibility index (Phi) is 8.43. The van der Waals surface area contributed by atoms with Crippen molar-refractivity contribution in [2.75, 3.05) is 29.9 Å². The third kappa shape index (κ3) is 6.90. The van der Waals surface area contributed by atoms with Gasteiger partial charge in [-0.1, -0.05) is 30.3 Å². The molecule has 0 atom stereocenters. The van der Waals surface area contributed by atoms with Crippen LogP contribution in [0.3, 0.4) is 0 Å². The molecule has 0 radical (unpaired) electrons. The molecule has 10 nitrogen and oxygen atoms in total. The first-order valence-electron chi connectivity index (χ1n) is 14.2. The van der Waals surface area contributed by atoms with E-state index >= 15 is 0 Å². The van der Waals surface area contributed by atoms with E-state index < -0.39 is 5.91 Å². The van der Waals surface area contributed by atoms with Crippen LogP contribution >= 0.6 is 11.8 Å². The second-order valence-corrected chi connectivity index (χ2v) is 11.7. The highest BCUT2D eigenvalue weighted by Gasteiger charge is 2.26. The number of hydrogen-bond donors (Lipinski definition) is 3. The van der Waals surface area contributed by atoms with E-state index in [0.29, 0.717) is 29.0 Å². The minimum absolute atomic E-state index is 0.108. The minimum atomic E-state index is -0.395. The zero-order chi connectivity index (χ0) is 29.8. The summed E-state index contributed by atoms with van der Waals surface area (Å²) in [4.78, 5) is 51.5. The van der Waals surface area contributed by atoms with Gasteiger partial charge in [0.1, 0.15) is 0 Å². The van der Waals surface area contributed by atoms with Gasteiger partial charge in [0.2, 0.25) is 11.9 Å². The van der Waals surface area contributed by atoms with Crippen molar-refractivity contribution < 1.29 is 14.4 Å². The summed E-state index contributed by atoms with van der Waals surface area (Å²) < 4.78 is 0. The summed E-state index contributed by atoms with van der Waals surface area (Å²) >= 11 is 0.880. The summed E-state index contributed by atoms with van der Waals surface area (Å²) in [7, 11) is 0. The Balaban J connectivity index is 1.09. The topological polar surface area (TPSA) is 129 Å². The quantitative estimate of drug-likeness (QED) is 0.242. The summed E-state index contributed by atoms with van der Waals surface area (Å²) in [5.74, 6) is 0.631. The number of para-hydroxylation sites is 1. The van der Waals surface area contributed by atoms with Crippen LogP contribution in [0, 0.1) is 5.92 Å². The molecule has 0 bridgehead atoms. The summed E-state index contributed by atoms with van der Waals surface area (Å²) in [6.45, 7) is 4.72. The molecular formula is C32H31N7O3S. The first kappa shape index (κ1) is 28.5. The second-order valence-electron chi connectivity index (χ2n) is 10.6. The van der Waals surface area contributed by atoms with E-state index in [4.69, 9.17) is 4.98 Å². The van der Waals surface area contributed by atoms with E-state index in [1.807, 2.05) is 42.5 Å². The Morgan fingerprint density at radius 1 is 1.07 bits per heavy atom. The number of rotatable bonds is 8. The van der Waals surface area contributed by atoms with Gasteiger partial charge in [-0.15, -0.1) is 0 Å². The van der Waals surface area contributed by atoms with Gasteiger partial charge in [0, 0.05) is 49.4 Å². The van der Waals surface area contributed by atoms with Gasteiger partial charge >= 0.3 is 0 Å². The Morgan fingerprint density at radius 2 is 1.91 bits per heavy atom. The lowest BCUT2D eigenvalue weighted by Gasteiger charge is -2.32. The van der Waals surface area contributed by atoms with Crippen LogP contribution in [0.1, 0.15) is 31.0 Å². The molecule has 2 aliphatic rings. The van der Waals surface area contributed by atoms with Crippen LogP contribution < -0.4 is 20.9 Å². The van der Waals surface area contributed by atoms with Crippen molar-refractivity contribution in [2.45, 2.75) is 26.3 Å². The summed E-state index contributed by atoms with van der Waals surface area (Å²) in [6.07, 6.45) is 5.30. The molecule has 2 saturated heterocycles. The molecule has 11 heteroatoms. The lowest BCUT2D eigenvalue weighted by molar-refractivity contribution is -0.115. The molecule has 218 valence electrons. The number of hydrogen-bond acceptors (Lipinski definition) is 9. The number of nitrogens with zero attached hydrogens (tertiary/aromatic N) is 4. The van der Waals surface area contributed by atoms with Crippen molar-refractivity contribution in [1.29, 1.82) is 0 Å². The molecule has 2 aromatic heterocycles. The third-order valence-corrected chi connectivity index (χ3v) is 8.30. The van der Waals surface area contributed by atoms with E-state index in [9.17, 15) is 14.4 Å². The van der Waals surface area contributed by atoms with Crippen LogP contribution in [0.25, 0.3) is 28.2 Å². The number of pyridine rings is 1. The lowest BCUT2D eigenvalue weighted by atomic mass is 9.96. The monoisotopic (exact) mass is 593 g/mol. The predicted molar refractivity (Wildman–Crippen MR) is 169 cm³/mol. The number of carbonyl (C=O) groups excluding carboxylic acids is 3. The zero-order valence-electron chi connectivity index (χ0n) is 23.7. The highest BCUT2D eigenvalue weighted by atomic mass is 32.2. The fraction of sp³-hybridized carbons (Fsp3) is 0.250. The molecule has 3 amide bonds. The number of aromatic nitrogens is 3. The smallest absolute Gasteiger partial charge is 0.290 e. The number of thioether (sulfide) groups is 1. The lowest BCUT2D eigenvalue weighted by Crippen LogP contribution is -2.38. The molecule has 0 spiro atoms. The van der Waals surface area contributed by atoms with E-state index in [1.54, 1.807) is 18.3 Å². The first-order chi connectivity index (χ1) is 20.9. The molecule has 2 aliphatic heterocycles. The summed E-state index contributed by atoms with van der Waals surface area (Å²) in [5, 5.41) is 9.52. The van der Waals surface area contributed by atoms with Crippen LogP contribution in [-0.4, -0.2) is 51.6 Å². The highest BCUT2D eigenvalue weighted by molar-refractivity contribution is 8.18. The van der Waals surface area contributed by atoms with Crippen LogP contribution in [0.4, 0.5) is 16.4 Å². The minimum Gasteiger partial charge on any atom is -0.341 e. The van der Waals surface area contributed by atoms with E-state index in [1.165, 1.54) is 6.92 Å². The number of carbonyl (C=O) groups is 3. The van der Waals surface area contributed by atoms with E-state index in [-0.39, 0.29) is 11.1 Å². The van der Waals surface area contributed by atoms with Gasteiger partial charge < -0.3 is 15.5 Å². The molecule has 2 fully saturated rings. The first-order valence-corrected chi connectivity index (χ1v) is 15.0. The SMILES string of the molecule is CC(=O)Nc1cccc(-c2nc3ccccc3cc2CNCC2CCN(c3nccc(C=C4SC(=O)NC4=O)n3)CC2)c1. The second kappa shape index (κ2) is 12.7. The Labute approximate surface area is 253 Å². The normalized spacial score (nSPS) is 16.6. The number of piperidine rings is 1. The van der Waals surface area contributed by atoms with Gasteiger partial charge in [0.15, 0.2) is 0 Å². The molecule has 0 saturated carbocycles. The maximum Gasteiger partial charge on any atom is 0.290 e. The van der Waals surface area contributed by atoms with Crippen molar-refractivity contribution in [1.82, 2.24) is 25.6 Å². The van der Waals surface area contributed by atoms with Crippen LogP contribution in [0.5, 0.6) is 0 Å². The molecule has 0 aliphatic carbocycles. The fourth-order valence-corrected chi connectivity index (χ4v) is 6.06. The number of imide groups is 1. The number of fused-ring (bicyclic) bond motifs is 1. The number of amides is 3. The number of benzene rings is 2. The molecule has 6 rings (SSSR count).